The smallest absolute Gasteiger partial charge is 0.0159 e. The van der Waals surface area contributed by atoms with Crippen molar-refractivity contribution in [2.75, 3.05) is 0 Å². The molecule has 8 aromatic carbocycles. The minimum atomic E-state index is 0.0544. The Labute approximate surface area is 335 Å². The largest absolute Gasteiger partial charge is 0.0656 e. The Balaban J connectivity index is 0.000000151. The van der Waals surface area contributed by atoms with E-state index in [1.54, 1.807) is 0 Å². The Morgan fingerprint density at radius 2 is 0.696 bits per heavy atom. The van der Waals surface area contributed by atoms with Crippen molar-refractivity contribution in [2.45, 2.75) is 79.1 Å². The Morgan fingerprint density at radius 3 is 1.32 bits per heavy atom. The molecule has 0 radical (unpaired) electrons. The Bertz CT molecular complexity index is 2630. The van der Waals surface area contributed by atoms with Gasteiger partial charge in [0.05, 0.1) is 0 Å². The summed E-state index contributed by atoms with van der Waals surface area (Å²) in [5, 5.41) is 5.17. The molecule has 0 unspecified atom stereocenters. The van der Waals surface area contributed by atoms with Gasteiger partial charge in [-0.1, -0.05) is 220 Å². The third kappa shape index (κ3) is 7.10. The summed E-state index contributed by atoms with van der Waals surface area (Å²) in [6, 6.07) is 62.1. The van der Waals surface area contributed by atoms with Gasteiger partial charge in [-0.3, -0.25) is 0 Å². The van der Waals surface area contributed by atoms with Crippen LogP contribution in [0.25, 0.3) is 66.1 Å². The van der Waals surface area contributed by atoms with Crippen molar-refractivity contribution >= 4 is 21.5 Å². The molecule has 0 saturated heterocycles. The zero-order valence-electron chi connectivity index (χ0n) is 34.6. The summed E-state index contributed by atoms with van der Waals surface area (Å²) >= 11 is 0. The number of hydrogen-bond donors (Lipinski definition) is 0. The molecule has 0 fully saturated rings. The molecule has 280 valence electrons. The van der Waals surface area contributed by atoms with Crippen LogP contribution in [0.15, 0.2) is 170 Å². The molecule has 0 atom stereocenters. The van der Waals surface area contributed by atoms with Gasteiger partial charge in [-0.25, -0.2) is 0 Å². The molecule has 0 nitrogen and oxygen atoms in total. The topological polar surface area (TPSA) is 0 Å². The van der Waals surface area contributed by atoms with Crippen LogP contribution >= 0.6 is 0 Å². The van der Waals surface area contributed by atoms with E-state index in [0.29, 0.717) is 0 Å². The molecule has 0 bridgehead atoms. The minimum absolute atomic E-state index is 0.0544. The molecule has 8 aromatic rings. The van der Waals surface area contributed by atoms with Crippen LogP contribution < -0.4 is 0 Å². The van der Waals surface area contributed by atoms with E-state index in [-0.39, 0.29) is 10.8 Å². The van der Waals surface area contributed by atoms with Gasteiger partial charge in [0, 0.05) is 10.8 Å². The molecule has 0 heterocycles. The summed E-state index contributed by atoms with van der Waals surface area (Å²) in [7, 11) is 0. The van der Waals surface area contributed by atoms with E-state index in [1.807, 2.05) is 0 Å². The molecule has 0 aliphatic heterocycles. The lowest BCUT2D eigenvalue weighted by Crippen LogP contribution is -2.14. The summed E-state index contributed by atoms with van der Waals surface area (Å²) in [5.41, 5.74) is 16.6. The summed E-state index contributed by atoms with van der Waals surface area (Å²) in [5.74, 6) is 0. The Morgan fingerprint density at radius 1 is 0.304 bits per heavy atom. The van der Waals surface area contributed by atoms with Crippen LogP contribution in [0.3, 0.4) is 0 Å². The first-order valence-corrected chi connectivity index (χ1v) is 20.6. The second-order valence-electron chi connectivity index (χ2n) is 16.4. The molecule has 0 spiro atoms. The maximum absolute atomic E-state index is 2.37. The van der Waals surface area contributed by atoms with Crippen molar-refractivity contribution in [1.29, 1.82) is 0 Å². The van der Waals surface area contributed by atoms with Gasteiger partial charge >= 0.3 is 0 Å². The highest BCUT2D eigenvalue weighted by atomic mass is 14.4. The van der Waals surface area contributed by atoms with Crippen LogP contribution in [0, 0.1) is 0 Å². The van der Waals surface area contributed by atoms with E-state index in [9.17, 15) is 0 Å². The van der Waals surface area contributed by atoms with E-state index in [4.69, 9.17) is 0 Å². The molecular weight excluding hydrogens is 673 g/mol. The predicted octanol–water partition coefficient (Wildman–Crippen LogP) is 16.5. The molecule has 0 amide bonds. The number of benzene rings is 8. The molecule has 0 N–H and O–H groups in total. The Kier molecular flexibility index (Phi) is 11.1. The SMILES string of the molecule is CC1(C)c2ccccc2-c2c(-c3ccc4ccccc4c3)cccc21.CC1(C)c2ccccc2-c2cc(-c3ccc4ccccc4c3)ccc21.CCC.CCC. The quantitative estimate of drug-likeness (QED) is 0.166. The average molecular weight is 729 g/mol. The molecule has 0 heteroatoms. The summed E-state index contributed by atoms with van der Waals surface area (Å²) in [6.07, 6.45) is 2.50. The minimum Gasteiger partial charge on any atom is -0.0656 e. The first-order valence-electron chi connectivity index (χ1n) is 20.6. The fraction of sp³-hybridized carbons (Fsp3) is 0.214. The first kappa shape index (κ1) is 38.6. The van der Waals surface area contributed by atoms with Gasteiger partial charge in [-0.05, 0) is 107 Å². The van der Waals surface area contributed by atoms with E-state index in [2.05, 4.69) is 225 Å². The van der Waals surface area contributed by atoms with Crippen molar-refractivity contribution in [3.05, 3.63) is 192 Å². The molecule has 0 saturated carbocycles. The average Bonchev–Trinajstić information content (AvgIpc) is 3.61. The molecule has 56 heavy (non-hydrogen) atoms. The third-order valence-electron chi connectivity index (χ3n) is 11.3. The van der Waals surface area contributed by atoms with Crippen molar-refractivity contribution in [1.82, 2.24) is 0 Å². The zero-order valence-corrected chi connectivity index (χ0v) is 34.6. The van der Waals surface area contributed by atoms with Gasteiger partial charge in [0.1, 0.15) is 0 Å². The van der Waals surface area contributed by atoms with Crippen molar-refractivity contribution in [2.24, 2.45) is 0 Å². The summed E-state index contributed by atoms with van der Waals surface area (Å²) in [4.78, 5) is 0. The zero-order chi connectivity index (χ0) is 39.5. The van der Waals surface area contributed by atoms with Crippen molar-refractivity contribution in [3.8, 4) is 44.5 Å². The standard InChI is InChI=1S/2C25H20.2C3H8/c1-25(2)22-12-6-5-10-21(22)24-20(11-7-13-23(24)25)19-15-14-17-8-3-4-9-18(17)16-19;1-25(2)23-10-6-5-9-21(23)22-16-20(13-14-24(22)25)19-12-11-17-7-3-4-8-18(17)15-19;2*1-3-2/h2*3-16H,1-2H3;2*3H2,1-2H3. The van der Waals surface area contributed by atoms with Gasteiger partial charge in [-0.2, -0.15) is 0 Å². The van der Waals surface area contributed by atoms with Crippen molar-refractivity contribution in [3.63, 3.8) is 0 Å². The third-order valence-corrected chi connectivity index (χ3v) is 11.3. The van der Waals surface area contributed by atoms with Gasteiger partial charge in [0.15, 0.2) is 0 Å². The van der Waals surface area contributed by atoms with Crippen LogP contribution in [-0.2, 0) is 10.8 Å². The normalized spacial score (nSPS) is 13.4. The maximum Gasteiger partial charge on any atom is 0.0159 e. The summed E-state index contributed by atoms with van der Waals surface area (Å²) < 4.78 is 0. The Hall–Kier alpha value is -5.72. The molecular formula is C56H56. The molecule has 2 aliphatic carbocycles. The van der Waals surface area contributed by atoms with Crippen LogP contribution in [0.2, 0.25) is 0 Å². The van der Waals surface area contributed by atoms with E-state index in [0.717, 1.165) is 0 Å². The highest BCUT2D eigenvalue weighted by molar-refractivity contribution is 5.96. The number of fused-ring (bicyclic) bond motifs is 8. The predicted molar refractivity (Wildman–Crippen MR) is 246 cm³/mol. The monoisotopic (exact) mass is 728 g/mol. The molecule has 0 aromatic heterocycles. The van der Waals surface area contributed by atoms with Gasteiger partial charge in [0.2, 0.25) is 0 Å². The number of rotatable bonds is 2. The van der Waals surface area contributed by atoms with Crippen molar-refractivity contribution < 1.29 is 0 Å². The fourth-order valence-corrected chi connectivity index (χ4v) is 8.62. The van der Waals surface area contributed by atoms with Gasteiger partial charge in [-0.15, -0.1) is 0 Å². The van der Waals surface area contributed by atoms with Crippen LogP contribution in [0.1, 0.15) is 90.5 Å². The first-order chi connectivity index (χ1) is 27.1. The van der Waals surface area contributed by atoms with Gasteiger partial charge < -0.3 is 0 Å². The lowest BCUT2D eigenvalue weighted by atomic mass is 9.82. The maximum atomic E-state index is 2.37. The van der Waals surface area contributed by atoms with E-state index in [1.165, 1.54) is 101 Å². The summed E-state index contributed by atoms with van der Waals surface area (Å²) in [6.45, 7) is 17.8. The second kappa shape index (κ2) is 16.2. The molecule has 2 aliphatic rings. The van der Waals surface area contributed by atoms with E-state index < -0.39 is 0 Å². The lowest BCUT2D eigenvalue weighted by molar-refractivity contribution is 0.660. The lowest BCUT2D eigenvalue weighted by Gasteiger charge is -2.21. The fourth-order valence-electron chi connectivity index (χ4n) is 8.62. The van der Waals surface area contributed by atoms with Crippen LogP contribution in [0.5, 0.6) is 0 Å². The number of hydrogen-bond acceptors (Lipinski definition) is 0. The highest BCUT2D eigenvalue weighted by Gasteiger charge is 2.37. The highest BCUT2D eigenvalue weighted by Crippen LogP contribution is 2.52. The van der Waals surface area contributed by atoms with Crippen LogP contribution in [0.4, 0.5) is 0 Å². The van der Waals surface area contributed by atoms with Gasteiger partial charge in [0.25, 0.3) is 0 Å². The molecule has 10 rings (SSSR count). The van der Waals surface area contributed by atoms with Crippen LogP contribution in [-0.4, -0.2) is 0 Å². The second-order valence-corrected chi connectivity index (χ2v) is 16.4. The van der Waals surface area contributed by atoms with E-state index >= 15 is 0 Å².